The van der Waals surface area contributed by atoms with Gasteiger partial charge < -0.3 is 4.90 Å². The molecule has 0 bridgehead atoms. The highest BCUT2D eigenvalue weighted by atomic mass is 35.5. The Hall–Kier alpha value is -2.63. The fourth-order valence-corrected chi connectivity index (χ4v) is 4.00. The van der Waals surface area contributed by atoms with Crippen LogP contribution in [0.15, 0.2) is 77.7 Å². The summed E-state index contributed by atoms with van der Waals surface area (Å²) in [7, 11) is -3.62. The molecule has 0 N–H and O–H groups in total. The van der Waals surface area contributed by atoms with E-state index in [-0.39, 0.29) is 10.5 Å². The topological polar surface area (TPSA) is 54.5 Å². The van der Waals surface area contributed by atoms with E-state index in [9.17, 15) is 13.2 Å². The highest BCUT2D eigenvalue weighted by Crippen LogP contribution is 2.39. The van der Waals surface area contributed by atoms with E-state index in [1.54, 1.807) is 13.0 Å². The van der Waals surface area contributed by atoms with Gasteiger partial charge in [-0.05, 0) is 60.5 Å². The van der Waals surface area contributed by atoms with Gasteiger partial charge in [0.1, 0.15) is 0 Å². The van der Waals surface area contributed by atoms with Crippen molar-refractivity contribution in [1.82, 2.24) is 0 Å². The SMILES string of the molecule is Cc1cc(N(c2ccccc2)c2ccccc2)c(S(C)(=O)=O)cc1C(=O)Cl. The van der Waals surface area contributed by atoms with Gasteiger partial charge in [0.15, 0.2) is 9.84 Å². The zero-order chi connectivity index (χ0) is 19.6. The summed E-state index contributed by atoms with van der Waals surface area (Å²) >= 11 is 5.65. The van der Waals surface area contributed by atoms with E-state index in [0.717, 1.165) is 17.6 Å². The first-order valence-corrected chi connectivity index (χ1v) is 10.5. The fraction of sp³-hybridized carbons (Fsp3) is 0.0952. The van der Waals surface area contributed by atoms with Crippen LogP contribution in [-0.4, -0.2) is 19.9 Å². The molecule has 0 spiro atoms. The van der Waals surface area contributed by atoms with Gasteiger partial charge in [-0.2, -0.15) is 0 Å². The van der Waals surface area contributed by atoms with Crippen molar-refractivity contribution in [3.05, 3.63) is 83.9 Å². The van der Waals surface area contributed by atoms with Gasteiger partial charge in [-0.1, -0.05) is 36.4 Å². The second-order valence-corrected chi connectivity index (χ2v) is 8.51. The Balaban J connectivity index is 2.36. The molecule has 0 aliphatic heterocycles. The van der Waals surface area contributed by atoms with E-state index >= 15 is 0 Å². The van der Waals surface area contributed by atoms with Crippen LogP contribution < -0.4 is 4.90 Å². The van der Waals surface area contributed by atoms with Crippen molar-refractivity contribution >= 4 is 43.7 Å². The molecular weight excluding hydrogens is 382 g/mol. The van der Waals surface area contributed by atoms with Crippen molar-refractivity contribution in [3.63, 3.8) is 0 Å². The van der Waals surface area contributed by atoms with E-state index in [0.29, 0.717) is 11.3 Å². The number of halogens is 1. The van der Waals surface area contributed by atoms with Crippen LogP contribution in [0.4, 0.5) is 17.1 Å². The first-order chi connectivity index (χ1) is 12.8. The third-order valence-electron chi connectivity index (χ3n) is 4.19. The molecule has 3 aromatic carbocycles. The first kappa shape index (κ1) is 19.1. The van der Waals surface area contributed by atoms with Crippen molar-refractivity contribution < 1.29 is 13.2 Å². The summed E-state index contributed by atoms with van der Waals surface area (Å²) in [4.78, 5) is 13.6. The normalized spacial score (nSPS) is 11.2. The molecule has 0 radical (unpaired) electrons. The number of benzene rings is 3. The van der Waals surface area contributed by atoms with E-state index < -0.39 is 15.1 Å². The Morgan fingerprint density at radius 2 is 1.37 bits per heavy atom. The molecule has 0 atom stereocenters. The summed E-state index contributed by atoms with van der Waals surface area (Å²) in [6.45, 7) is 1.74. The average Bonchev–Trinajstić information content (AvgIpc) is 2.62. The zero-order valence-corrected chi connectivity index (χ0v) is 16.5. The van der Waals surface area contributed by atoms with Gasteiger partial charge in [-0.15, -0.1) is 0 Å². The maximum Gasteiger partial charge on any atom is 0.252 e. The lowest BCUT2D eigenvalue weighted by Gasteiger charge is -2.28. The van der Waals surface area contributed by atoms with Crippen LogP contribution in [0.25, 0.3) is 0 Å². The molecule has 0 aliphatic rings. The summed E-state index contributed by atoms with van der Waals surface area (Å²) < 4.78 is 25.1. The minimum atomic E-state index is -3.62. The fourth-order valence-electron chi connectivity index (χ4n) is 2.94. The molecule has 0 aliphatic carbocycles. The van der Waals surface area contributed by atoms with Crippen LogP contribution >= 0.6 is 11.6 Å². The number of para-hydroxylation sites is 2. The van der Waals surface area contributed by atoms with Crippen LogP contribution in [0.3, 0.4) is 0 Å². The van der Waals surface area contributed by atoms with Crippen molar-refractivity contribution in [2.75, 3.05) is 11.2 Å². The van der Waals surface area contributed by atoms with Crippen molar-refractivity contribution in [2.45, 2.75) is 11.8 Å². The highest BCUT2D eigenvalue weighted by molar-refractivity contribution is 7.90. The molecule has 0 fully saturated rings. The number of hydrogen-bond acceptors (Lipinski definition) is 4. The number of carbonyl (C=O) groups is 1. The van der Waals surface area contributed by atoms with Gasteiger partial charge in [-0.25, -0.2) is 8.42 Å². The van der Waals surface area contributed by atoms with E-state index in [4.69, 9.17) is 11.6 Å². The number of nitrogens with zero attached hydrogens (tertiary/aromatic N) is 1. The molecule has 4 nitrogen and oxygen atoms in total. The van der Waals surface area contributed by atoms with Gasteiger partial charge in [0.05, 0.1) is 10.6 Å². The Labute approximate surface area is 163 Å². The summed E-state index contributed by atoms with van der Waals surface area (Å²) in [5.41, 5.74) is 2.86. The number of sulfone groups is 1. The van der Waals surface area contributed by atoms with Gasteiger partial charge >= 0.3 is 0 Å². The summed E-state index contributed by atoms with van der Waals surface area (Å²) in [5, 5.41) is -0.685. The standard InChI is InChI=1S/C21H18ClNO3S/c1-15-13-19(20(27(2,25)26)14-18(15)21(22)24)23(16-9-5-3-6-10-16)17-11-7-4-8-12-17/h3-14H,1-2H3. The van der Waals surface area contributed by atoms with Gasteiger partial charge in [-0.3, -0.25) is 4.79 Å². The average molecular weight is 400 g/mol. The molecule has 6 heteroatoms. The van der Waals surface area contributed by atoms with Crippen molar-refractivity contribution in [2.24, 2.45) is 0 Å². The Kier molecular flexibility index (Phi) is 5.35. The van der Waals surface area contributed by atoms with E-state index in [1.165, 1.54) is 6.07 Å². The molecule has 0 amide bonds. The molecule has 0 aromatic heterocycles. The predicted octanol–water partition coefficient (Wildman–Crippen LogP) is 5.25. The number of rotatable bonds is 5. The minimum Gasteiger partial charge on any atom is -0.309 e. The largest absolute Gasteiger partial charge is 0.309 e. The quantitative estimate of drug-likeness (QED) is 0.550. The van der Waals surface area contributed by atoms with Crippen LogP contribution in [-0.2, 0) is 9.84 Å². The summed E-state index contributed by atoms with van der Waals surface area (Å²) in [6.07, 6.45) is 1.12. The highest BCUT2D eigenvalue weighted by Gasteiger charge is 2.24. The lowest BCUT2D eigenvalue weighted by Crippen LogP contribution is -2.15. The molecule has 0 heterocycles. The third kappa shape index (κ3) is 4.04. The van der Waals surface area contributed by atoms with Gasteiger partial charge in [0.2, 0.25) is 0 Å². The molecule has 3 rings (SSSR count). The Bertz CT molecular complexity index is 1040. The maximum absolute atomic E-state index is 12.5. The second kappa shape index (κ2) is 7.55. The second-order valence-electron chi connectivity index (χ2n) is 6.19. The summed E-state index contributed by atoms with van der Waals surface area (Å²) in [5.74, 6) is 0. The molecular formula is C21H18ClNO3S. The number of carbonyl (C=O) groups excluding carboxylic acids is 1. The minimum absolute atomic E-state index is 0.0461. The summed E-state index contributed by atoms with van der Waals surface area (Å²) in [6, 6.07) is 22.0. The monoisotopic (exact) mass is 399 g/mol. The molecule has 3 aromatic rings. The third-order valence-corrected chi connectivity index (χ3v) is 5.52. The van der Waals surface area contributed by atoms with E-state index in [1.807, 2.05) is 65.6 Å². The smallest absolute Gasteiger partial charge is 0.252 e. The van der Waals surface area contributed by atoms with Crippen LogP contribution in [0, 0.1) is 6.92 Å². The zero-order valence-electron chi connectivity index (χ0n) is 14.9. The van der Waals surface area contributed by atoms with Crippen LogP contribution in [0.1, 0.15) is 15.9 Å². The Morgan fingerprint density at radius 1 is 0.889 bits per heavy atom. The van der Waals surface area contributed by atoms with Crippen molar-refractivity contribution in [1.29, 1.82) is 0 Å². The lowest BCUT2D eigenvalue weighted by atomic mass is 10.1. The molecule has 138 valence electrons. The van der Waals surface area contributed by atoms with Gasteiger partial charge in [0.25, 0.3) is 5.24 Å². The molecule has 0 saturated carbocycles. The maximum atomic E-state index is 12.5. The van der Waals surface area contributed by atoms with E-state index in [2.05, 4.69) is 0 Å². The van der Waals surface area contributed by atoms with Crippen LogP contribution in [0.5, 0.6) is 0 Å². The first-order valence-electron chi connectivity index (χ1n) is 8.24. The number of hydrogen-bond donors (Lipinski definition) is 0. The molecule has 27 heavy (non-hydrogen) atoms. The number of aryl methyl sites for hydroxylation is 1. The molecule has 0 unspecified atom stereocenters. The molecule has 0 saturated heterocycles. The van der Waals surface area contributed by atoms with Crippen molar-refractivity contribution in [3.8, 4) is 0 Å². The Morgan fingerprint density at radius 3 is 1.78 bits per heavy atom. The lowest BCUT2D eigenvalue weighted by molar-refractivity contribution is 0.108. The number of anilines is 3. The predicted molar refractivity (Wildman–Crippen MR) is 109 cm³/mol. The van der Waals surface area contributed by atoms with Crippen LogP contribution in [0.2, 0.25) is 0 Å². The van der Waals surface area contributed by atoms with Gasteiger partial charge in [0, 0.05) is 23.2 Å².